The van der Waals surface area contributed by atoms with Crippen LogP contribution in [-0.4, -0.2) is 93.4 Å². The molecule has 5 amide bonds. The first-order valence-electron chi connectivity index (χ1n) is 20.2. The molecule has 1 heterocycles. The van der Waals surface area contributed by atoms with Gasteiger partial charge in [0, 0.05) is 55.6 Å². The van der Waals surface area contributed by atoms with Crippen molar-refractivity contribution in [2.24, 2.45) is 22.8 Å². The summed E-state index contributed by atoms with van der Waals surface area (Å²) in [5.74, 6) is -3.61. The van der Waals surface area contributed by atoms with Gasteiger partial charge in [0.05, 0.1) is 12.1 Å². The molecule has 15 heteroatoms. The number of amides is 5. The summed E-state index contributed by atoms with van der Waals surface area (Å²) in [6.07, 6.45) is 3.75. The number of nitrogens with one attached hydrogen (secondary N) is 2. The molecule has 0 aliphatic carbocycles. The molecule has 0 aliphatic rings. The van der Waals surface area contributed by atoms with Gasteiger partial charge in [-0.2, -0.15) is 0 Å². The average Bonchev–Trinajstić information content (AvgIpc) is 3.59. The smallest absolute Gasteiger partial charge is 0.248 e. The summed E-state index contributed by atoms with van der Waals surface area (Å²) in [5.41, 5.74) is 13.1. The van der Waals surface area contributed by atoms with Crippen LogP contribution < -0.4 is 22.1 Å². The summed E-state index contributed by atoms with van der Waals surface area (Å²) in [5, 5.41) is 15.8. The first kappa shape index (κ1) is 48.2. The Labute approximate surface area is 346 Å². The van der Waals surface area contributed by atoms with Gasteiger partial charge < -0.3 is 41.6 Å². The molecule has 2 aromatic carbocycles. The summed E-state index contributed by atoms with van der Waals surface area (Å²) < 4.78 is 31.4. The number of hydrogen-bond donors (Lipinski definition) is 5. The third-order valence-electron chi connectivity index (χ3n) is 10.9. The SMILES string of the molecule is CCC(CCCC(=O)N[C@@H](C)C(=O)N(C)[C@@H](C)C(N)=O)C(C)NC(=O)[C@@H](N)CCN(C(=O)CO)[C@@H](c1cc(-c2cc(F)ccc2F)cn1Cc1ccccc1)C(C)(C)C. The highest BCUT2D eigenvalue weighted by Gasteiger charge is 2.38. The van der Waals surface area contributed by atoms with E-state index in [4.69, 9.17) is 11.5 Å². The summed E-state index contributed by atoms with van der Waals surface area (Å²) in [4.78, 5) is 66.5. The Morgan fingerprint density at radius 1 is 0.949 bits per heavy atom. The highest BCUT2D eigenvalue weighted by Crippen LogP contribution is 2.41. The van der Waals surface area contributed by atoms with E-state index >= 15 is 4.39 Å². The van der Waals surface area contributed by atoms with Gasteiger partial charge in [0.2, 0.25) is 29.5 Å². The minimum absolute atomic E-state index is 0.00724. The fraction of sp³-hybridized carbons (Fsp3) is 0.523. The number of hydrogen-bond acceptors (Lipinski definition) is 7. The van der Waals surface area contributed by atoms with Gasteiger partial charge in [-0.15, -0.1) is 0 Å². The van der Waals surface area contributed by atoms with Crippen LogP contribution in [0.15, 0.2) is 60.8 Å². The first-order valence-corrected chi connectivity index (χ1v) is 20.2. The molecule has 0 aliphatic heterocycles. The molecule has 3 aromatic rings. The van der Waals surface area contributed by atoms with Crippen LogP contribution in [0.3, 0.4) is 0 Å². The molecule has 7 N–H and O–H groups in total. The third kappa shape index (κ3) is 13.4. The van der Waals surface area contributed by atoms with Crippen molar-refractivity contribution in [3.8, 4) is 11.1 Å². The molecule has 324 valence electrons. The first-order chi connectivity index (χ1) is 27.7. The number of primary amides is 1. The molecular weight excluding hydrogens is 761 g/mol. The molecular formula is C44H63F2N7O6. The molecule has 0 saturated carbocycles. The number of halogens is 2. The normalized spacial score (nSPS) is 14.6. The molecule has 3 rings (SSSR count). The van der Waals surface area contributed by atoms with E-state index in [9.17, 15) is 33.5 Å². The lowest BCUT2D eigenvalue weighted by Gasteiger charge is -2.41. The minimum atomic E-state index is -1.02. The van der Waals surface area contributed by atoms with Gasteiger partial charge >= 0.3 is 0 Å². The number of aliphatic hydroxyl groups is 1. The second-order valence-corrected chi connectivity index (χ2v) is 16.5. The van der Waals surface area contributed by atoms with E-state index in [0.717, 1.165) is 23.8 Å². The fourth-order valence-corrected chi connectivity index (χ4v) is 7.35. The van der Waals surface area contributed by atoms with E-state index in [0.29, 0.717) is 37.1 Å². The molecule has 0 saturated heterocycles. The van der Waals surface area contributed by atoms with E-state index in [2.05, 4.69) is 10.6 Å². The number of nitrogens with zero attached hydrogens (tertiary/aromatic N) is 3. The van der Waals surface area contributed by atoms with Crippen LogP contribution >= 0.6 is 0 Å². The molecule has 13 nitrogen and oxygen atoms in total. The lowest BCUT2D eigenvalue weighted by molar-refractivity contribution is -0.140. The van der Waals surface area contributed by atoms with E-state index in [-0.39, 0.29) is 42.8 Å². The van der Waals surface area contributed by atoms with Crippen LogP contribution in [-0.2, 0) is 30.5 Å². The molecule has 0 spiro atoms. The van der Waals surface area contributed by atoms with Crippen LogP contribution in [0.2, 0.25) is 0 Å². The Kier molecular flexibility index (Phi) is 17.8. The lowest BCUT2D eigenvalue weighted by Crippen LogP contribution is -2.51. The van der Waals surface area contributed by atoms with Gasteiger partial charge in [-0.25, -0.2) is 8.78 Å². The molecule has 0 bridgehead atoms. The van der Waals surface area contributed by atoms with E-state index in [1.807, 2.05) is 69.5 Å². The Morgan fingerprint density at radius 2 is 1.61 bits per heavy atom. The van der Waals surface area contributed by atoms with Gasteiger partial charge in [-0.05, 0) is 81.2 Å². The number of aliphatic hydroxyl groups excluding tert-OH is 1. The lowest BCUT2D eigenvalue weighted by atomic mass is 9.82. The highest BCUT2D eigenvalue weighted by molar-refractivity contribution is 5.91. The molecule has 1 aromatic heterocycles. The Balaban J connectivity index is 1.74. The maximum absolute atomic E-state index is 15.1. The van der Waals surface area contributed by atoms with Crippen molar-refractivity contribution < 1.29 is 37.9 Å². The number of likely N-dealkylation sites (N-methyl/N-ethyl adjacent to an activating group) is 1. The number of benzene rings is 2. The predicted molar refractivity (Wildman–Crippen MR) is 223 cm³/mol. The second-order valence-electron chi connectivity index (χ2n) is 16.5. The van der Waals surface area contributed by atoms with Crippen molar-refractivity contribution in [2.75, 3.05) is 20.2 Å². The van der Waals surface area contributed by atoms with Crippen molar-refractivity contribution in [2.45, 2.75) is 117 Å². The van der Waals surface area contributed by atoms with Crippen molar-refractivity contribution >= 4 is 29.5 Å². The van der Waals surface area contributed by atoms with Crippen molar-refractivity contribution in [1.29, 1.82) is 0 Å². The zero-order chi connectivity index (χ0) is 44.2. The maximum atomic E-state index is 15.1. The molecule has 2 unspecified atom stereocenters. The zero-order valence-corrected chi connectivity index (χ0v) is 35.6. The van der Waals surface area contributed by atoms with E-state index in [1.54, 1.807) is 19.2 Å². The van der Waals surface area contributed by atoms with E-state index in [1.165, 1.54) is 23.8 Å². The van der Waals surface area contributed by atoms with Gasteiger partial charge in [-0.1, -0.05) is 64.4 Å². The quantitative estimate of drug-likeness (QED) is 0.103. The molecule has 59 heavy (non-hydrogen) atoms. The molecule has 0 fully saturated rings. The number of carbonyl (C=O) groups is 5. The third-order valence-corrected chi connectivity index (χ3v) is 10.9. The standard InChI is InChI=1S/C44H63F2N7O6/c1-9-31(16-13-17-38(55)49-28(3)43(59)51(8)29(4)41(48)57)27(2)50-42(58)36(47)20-21-53(39(56)26-54)40(44(5,6)7)37-22-32(34-23-33(45)18-19-35(34)46)25-52(37)24-30-14-11-10-12-15-30/h10-12,14-15,18-19,22-23,25,27-29,31,36,40,54H,9,13,16-17,20-21,24,26,47H2,1-8H3,(H2,48,57)(H,49,55)(H,50,58)/t27?,28-,29-,31?,36-,40-/m0/s1. The molecule has 6 atom stereocenters. The largest absolute Gasteiger partial charge is 0.387 e. The van der Waals surface area contributed by atoms with Gasteiger partial charge in [-0.3, -0.25) is 24.0 Å². The van der Waals surface area contributed by atoms with Crippen molar-refractivity contribution in [1.82, 2.24) is 25.0 Å². The van der Waals surface area contributed by atoms with Crippen LogP contribution in [0, 0.1) is 23.0 Å². The highest BCUT2D eigenvalue weighted by atomic mass is 19.1. The van der Waals surface area contributed by atoms with E-state index < -0.39 is 71.5 Å². The second kappa shape index (κ2) is 21.7. The topological polar surface area (TPSA) is 193 Å². The predicted octanol–water partition coefficient (Wildman–Crippen LogP) is 4.65. The van der Waals surface area contributed by atoms with Crippen LogP contribution in [0.1, 0.15) is 97.9 Å². The zero-order valence-electron chi connectivity index (χ0n) is 35.6. The Morgan fingerprint density at radius 3 is 2.20 bits per heavy atom. The monoisotopic (exact) mass is 823 g/mol. The summed E-state index contributed by atoms with van der Waals surface area (Å²) in [7, 11) is 1.45. The summed E-state index contributed by atoms with van der Waals surface area (Å²) >= 11 is 0. The number of nitrogens with two attached hydrogens (primary N) is 2. The van der Waals surface area contributed by atoms with Crippen LogP contribution in [0.25, 0.3) is 11.1 Å². The van der Waals surface area contributed by atoms with Crippen LogP contribution in [0.4, 0.5) is 8.78 Å². The maximum Gasteiger partial charge on any atom is 0.248 e. The van der Waals surface area contributed by atoms with Gasteiger partial charge in [0.25, 0.3) is 0 Å². The fourth-order valence-electron chi connectivity index (χ4n) is 7.35. The minimum Gasteiger partial charge on any atom is -0.387 e. The summed E-state index contributed by atoms with van der Waals surface area (Å²) in [6, 6.07) is 10.9. The Bertz CT molecular complexity index is 1900. The summed E-state index contributed by atoms with van der Waals surface area (Å²) in [6.45, 7) is 12.3. The van der Waals surface area contributed by atoms with Crippen molar-refractivity contribution in [3.63, 3.8) is 0 Å². The molecule has 0 radical (unpaired) electrons. The van der Waals surface area contributed by atoms with Crippen molar-refractivity contribution in [3.05, 3.63) is 83.7 Å². The number of aromatic nitrogens is 1. The number of carbonyl (C=O) groups excluding carboxylic acids is 5. The average molecular weight is 824 g/mol. The van der Waals surface area contributed by atoms with Gasteiger partial charge in [0.15, 0.2) is 0 Å². The number of rotatable bonds is 21. The van der Waals surface area contributed by atoms with Gasteiger partial charge in [0.1, 0.15) is 30.3 Å². The van der Waals surface area contributed by atoms with Crippen LogP contribution in [0.5, 0.6) is 0 Å². The Hall–Kier alpha value is -5.15.